The minimum absolute atomic E-state index is 0. The van der Waals surface area contributed by atoms with Crippen LogP contribution in [-0.4, -0.2) is 25.3 Å². The lowest BCUT2D eigenvalue weighted by atomic mass is 10.5. The van der Waals surface area contributed by atoms with E-state index in [0.29, 0.717) is 0 Å². The average molecular weight is 134 g/mol. The highest BCUT2D eigenvalue weighted by atomic mass is 16.5. The van der Waals surface area contributed by atoms with Crippen LogP contribution in [0.2, 0.25) is 0 Å². The van der Waals surface area contributed by atoms with Gasteiger partial charge in [0.1, 0.15) is 0 Å². The van der Waals surface area contributed by atoms with Crippen LogP contribution in [0, 0.1) is 0 Å². The Bertz CT molecular complexity index is 91.0. The number of esters is 1. The molecule has 0 fully saturated rings. The Hall–Kier alpha value is -0.830. The van der Waals surface area contributed by atoms with E-state index in [-0.39, 0.29) is 7.40 Å². The Morgan fingerprint density at radius 1 is 1.67 bits per heavy atom. The molecule has 9 heavy (non-hydrogen) atoms. The first kappa shape index (κ1) is 11.0. The van der Waals surface area contributed by atoms with E-state index in [4.69, 9.17) is 5.11 Å². The summed E-state index contributed by atoms with van der Waals surface area (Å²) in [5, 5.41) is 7.00. The van der Waals surface area contributed by atoms with Crippen LogP contribution in [0.15, 0.2) is 12.2 Å². The largest absolute Gasteiger partial charge is 0.466 e. The van der Waals surface area contributed by atoms with Gasteiger partial charge in [0.05, 0.1) is 7.11 Å². The number of allylic oxidation sites excluding steroid dienone is 1. The van der Waals surface area contributed by atoms with Crippen molar-refractivity contribution in [1.29, 1.82) is 0 Å². The van der Waals surface area contributed by atoms with Gasteiger partial charge in [0.2, 0.25) is 0 Å². The van der Waals surface area contributed by atoms with Crippen LogP contribution in [-0.2, 0) is 9.53 Å². The second-order valence-corrected chi connectivity index (χ2v) is 1.02. The van der Waals surface area contributed by atoms with Crippen molar-refractivity contribution in [2.75, 3.05) is 14.2 Å². The Morgan fingerprint density at radius 2 is 2.11 bits per heavy atom. The standard InChI is InChI=1S/C5H8O2.CH4O.H2/c1-3-4-5(6)7-2;1-2;/h3-4H,1-2H3;2H,1H3;1H/b4-3+;;. The van der Waals surface area contributed by atoms with Gasteiger partial charge in [-0.15, -0.1) is 0 Å². The monoisotopic (exact) mass is 134 g/mol. The molecule has 3 heteroatoms. The van der Waals surface area contributed by atoms with Crippen molar-refractivity contribution < 1.29 is 16.1 Å². The lowest BCUT2D eigenvalue weighted by Crippen LogP contribution is -1.92. The lowest BCUT2D eigenvalue weighted by Gasteiger charge is -1.84. The number of methoxy groups -OCH3 is 1. The van der Waals surface area contributed by atoms with Gasteiger partial charge in [-0.2, -0.15) is 0 Å². The third-order valence-corrected chi connectivity index (χ3v) is 0.504. The van der Waals surface area contributed by atoms with E-state index in [2.05, 4.69) is 4.74 Å². The summed E-state index contributed by atoms with van der Waals surface area (Å²) in [6.07, 6.45) is 2.99. The van der Waals surface area contributed by atoms with Gasteiger partial charge >= 0.3 is 5.97 Å². The Labute approximate surface area is 56.4 Å². The number of rotatable bonds is 1. The van der Waals surface area contributed by atoms with E-state index in [1.54, 1.807) is 13.0 Å². The molecule has 0 aliphatic rings. The van der Waals surface area contributed by atoms with Crippen LogP contribution in [0.4, 0.5) is 0 Å². The molecule has 0 saturated heterocycles. The van der Waals surface area contributed by atoms with E-state index in [1.807, 2.05) is 0 Å². The van der Waals surface area contributed by atoms with Gasteiger partial charge in [0.15, 0.2) is 0 Å². The van der Waals surface area contributed by atoms with Crippen molar-refractivity contribution >= 4 is 5.97 Å². The number of hydrogen-bond donors (Lipinski definition) is 1. The molecule has 0 atom stereocenters. The quantitative estimate of drug-likeness (QED) is 0.421. The molecule has 0 unspecified atom stereocenters. The molecule has 0 aromatic heterocycles. The maximum absolute atomic E-state index is 10.1. The second kappa shape index (κ2) is 10.2. The highest BCUT2D eigenvalue weighted by molar-refractivity contribution is 5.81. The molecule has 0 aromatic rings. The number of aliphatic hydroxyl groups excluding tert-OH is 1. The molecule has 1 N–H and O–H groups in total. The number of carbonyl (C=O) groups is 1. The number of aliphatic hydroxyl groups is 1. The van der Waals surface area contributed by atoms with Crippen molar-refractivity contribution in [1.82, 2.24) is 0 Å². The van der Waals surface area contributed by atoms with Crippen molar-refractivity contribution in [2.45, 2.75) is 6.92 Å². The summed E-state index contributed by atoms with van der Waals surface area (Å²) in [5.74, 6) is -0.303. The van der Waals surface area contributed by atoms with Gasteiger partial charge in [0.25, 0.3) is 0 Å². The van der Waals surface area contributed by atoms with Gasteiger partial charge in [0, 0.05) is 14.6 Å². The van der Waals surface area contributed by atoms with Crippen LogP contribution in [0.3, 0.4) is 0 Å². The maximum Gasteiger partial charge on any atom is 0.330 e. The van der Waals surface area contributed by atoms with E-state index in [1.165, 1.54) is 13.2 Å². The van der Waals surface area contributed by atoms with Gasteiger partial charge in [-0.05, 0) is 6.92 Å². The van der Waals surface area contributed by atoms with Gasteiger partial charge < -0.3 is 9.84 Å². The third kappa shape index (κ3) is 11.0. The summed E-state index contributed by atoms with van der Waals surface area (Å²) >= 11 is 0. The first-order valence-corrected chi connectivity index (χ1v) is 2.46. The molecule has 3 nitrogen and oxygen atoms in total. The van der Waals surface area contributed by atoms with E-state index in [9.17, 15) is 4.79 Å². The van der Waals surface area contributed by atoms with Crippen LogP contribution in [0.5, 0.6) is 0 Å². The molecule has 0 aromatic carbocycles. The molecular weight excluding hydrogens is 120 g/mol. The summed E-state index contributed by atoms with van der Waals surface area (Å²) in [4.78, 5) is 10.1. The molecule has 0 saturated carbocycles. The molecule has 0 aliphatic carbocycles. The number of ether oxygens (including phenoxy) is 1. The zero-order valence-electron chi connectivity index (χ0n) is 5.92. The first-order valence-electron chi connectivity index (χ1n) is 2.46. The van der Waals surface area contributed by atoms with Crippen molar-refractivity contribution in [3.63, 3.8) is 0 Å². The minimum Gasteiger partial charge on any atom is -0.466 e. The number of carbonyl (C=O) groups excluding carboxylic acids is 1. The fraction of sp³-hybridized carbons (Fsp3) is 0.500. The molecule has 0 amide bonds. The predicted octanol–water partition coefficient (Wildman–Crippen LogP) is 0.590. The first-order chi connectivity index (χ1) is 4.31. The Morgan fingerprint density at radius 3 is 2.22 bits per heavy atom. The van der Waals surface area contributed by atoms with Crippen molar-refractivity contribution in [2.24, 2.45) is 0 Å². The topological polar surface area (TPSA) is 46.5 Å². The smallest absolute Gasteiger partial charge is 0.330 e. The summed E-state index contributed by atoms with van der Waals surface area (Å²) in [6, 6.07) is 0. The van der Waals surface area contributed by atoms with E-state index < -0.39 is 0 Å². The molecule has 56 valence electrons. The zero-order chi connectivity index (χ0) is 7.70. The molecule has 0 aliphatic heterocycles. The number of hydrogen-bond acceptors (Lipinski definition) is 3. The van der Waals surface area contributed by atoms with E-state index >= 15 is 0 Å². The fourth-order valence-electron chi connectivity index (χ4n) is 0.204. The molecule has 0 spiro atoms. The molecule has 0 bridgehead atoms. The van der Waals surface area contributed by atoms with E-state index in [0.717, 1.165) is 7.11 Å². The second-order valence-electron chi connectivity index (χ2n) is 1.02. The lowest BCUT2D eigenvalue weighted by molar-refractivity contribution is -0.134. The van der Waals surface area contributed by atoms with Crippen LogP contribution < -0.4 is 0 Å². The highest BCUT2D eigenvalue weighted by Crippen LogP contribution is 1.73. The molecular formula is C6H14O3. The van der Waals surface area contributed by atoms with Gasteiger partial charge in [-0.3, -0.25) is 0 Å². The zero-order valence-corrected chi connectivity index (χ0v) is 5.92. The van der Waals surface area contributed by atoms with Crippen LogP contribution >= 0.6 is 0 Å². The Balaban J connectivity index is -0.000000149. The normalized spacial score (nSPS) is 8.00. The summed E-state index contributed by atoms with van der Waals surface area (Å²) in [7, 11) is 2.35. The molecule has 0 rings (SSSR count). The van der Waals surface area contributed by atoms with Gasteiger partial charge in [-0.1, -0.05) is 6.08 Å². The maximum atomic E-state index is 10.1. The predicted molar refractivity (Wildman–Crippen MR) is 37.1 cm³/mol. The minimum atomic E-state index is -0.303. The van der Waals surface area contributed by atoms with Gasteiger partial charge in [-0.25, -0.2) is 4.79 Å². The van der Waals surface area contributed by atoms with Crippen molar-refractivity contribution in [3.8, 4) is 0 Å². The molecule has 0 heterocycles. The third-order valence-electron chi connectivity index (χ3n) is 0.504. The summed E-state index contributed by atoms with van der Waals surface area (Å²) in [5.41, 5.74) is 0. The SMILES string of the molecule is C/C=C/C(=O)OC.CO.[HH]. The average Bonchev–Trinajstić information content (AvgIpc) is 1.93. The molecule has 0 radical (unpaired) electrons. The Kier molecular flexibility index (Phi) is 12.5. The van der Waals surface area contributed by atoms with Crippen LogP contribution in [0.25, 0.3) is 0 Å². The summed E-state index contributed by atoms with van der Waals surface area (Å²) in [6.45, 7) is 1.76. The van der Waals surface area contributed by atoms with Crippen molar-refractivity contribution in [3.05, 3.63) is 12.2 Å². The fourth-order valence-corrected chi connectivity index (χ4v) is 0.204. The van der Waals surface area contributed by atoms with Crippen LogP contribution in [0.1, 0.15) is 8.35 Å². The highest BCUT2D eigenvalue weighted by Gasteiger charge is 1.84. The summed E-state index contributed by atoms with van der Waals surface area (Å²) < 4.78 is 4.26.